The molecule has 0 radical (unpaired) electrons. The summed E-state index contributed by atoms with van der Waals surface area (Å²) < 4.78 is 0. The van der Waals surface area contributed by atoms with Crippen molar-refractivity contribution in [3.63, 3.8) is 0 Å². The van der Waals surface area contributed by atoms with Crippen LogP contribution in [0, 0.1) is 13.8 Å². The van der Waals surface area contributed by atoms with Crippen LogP contribution in [0.15, 0.2) is 48.5 Å². The third-order valence-electron chi connectivity index (χ3n) is 5.19. The minimum atomic E-state index is -0.0129. The van der Waals surface area contributed by atoms with Crippen LogP contribution < -0.4 is 4.90 Å². The first-order chi connectivity index (χ1) is 13.5. The SMILES string of the molecule is Cc1ccc(N2CCN(C(=O)c3cc(-c4cccc(Cl)c4)n[nH]3)CC2)c(C)c1. The standard InChI is InChI=1S/C22H23ClN4O/c1-15-6-7-21(16(2)12-15)26-8-10-27(11-9-26)22(28)20-14-19(24-25-20)17-4-3-5-18(23)13-17/h3-7,12-14H,8-11H2,1-2H3,(H,24,25). The summed E-state index contributed by atoms with van der Waals surface area (Å²) in [4.78, 5) is 17.1. The van der Waals surface area contributed by atoms with Crippen LogP contribution in [0.2, 0.25) is 5.02 Å². The number of amides is 1. The number of aromatic nitrogens is 2. The van der Waals surface area contributed by atoms with Gasteiger partial charge in [-0.3, -0.25) is 9.89 Å². The lowest BCUT2D eigenvalue weighted by Crippen LogP contribution is -2.49. The molecule has 1 fully saturated rings. The van der Waals surface area contributed by atoms with Crippen LogP contribution in [-0.4, -0.2) is 47.2 Å². The Morgan fingerprint density at radius 2 is 1.82 bits per heavy atom. The quantitative estimate of drug-likeness (QED) is 0.720. The number of nitrogens with zero attached hydrogens (tertiary/aromatic N) is 3. The van der Waals surface area contributed by atoms with Gasteiger partial charge in [-0.2, -0.15) is 5.10 Å². The molecule has 28 heavy (non-hydrogen) atoms. The zero-order valence-electron chi connectivity index (χ0n) is 16.1. The van der Waals surface area contributed by atoms with E-state index in [9.17, 15) is 4.79 Å². The van der Waals surface area contributed by atoms with Crippen LogP contribution in [0.3, 0.4) is 0 Å². The number of piperazine rings is 1. The first-order valence-electron chi connectivity index (χ1n) is 9.44. The lowest BCUT2D eigenvalue weighted by Gasteiger charge is -2.36. The highest BCUT2D eigenvalue weighted by molar-refractivity contribution is 6.30. The van der Waals surface area contributed by atoms with Gasteiger partial charge in [0.2, 0.25) is 0 Å². The van der Waals surface area contributed by atoms with Gasteiger partial charge < -0.3 is 9.80 Å². The smallest absolute Gasteiger partial charge is 0.272 e. The van der Waals surface area contributed by atoms with Gasteiger partial charge in [-0.15, -0.1) is 0 Å². The summed E-state index contributed by atoms with van der Waals surface area (Å²) in [5.74, 6) is -0.0129. The highest BCUT2D eigenvalue weighted by atomic mass is 35.5. The fourth-order valence-corrected chi connectivity index (χ4v) is 3.90. The maximum absolute atomic E-state index is 12.9. The van der Waals surface area contributed by atoms with Crippen molar-refractivity contribution in [1.82, 2.24) is 15.1 Å². The van der Waals surface area contributed by atoms with Crippen LogP contribution in [0.5, 0.6) is 0 Å². The number of carbonyl (C=O) groups excluding carboxylic acids is 1. The summed E-state index contributed by atoms with van der Waals surface area (Å²) in [6.07, 6.45) is 0. The molecular weight excluding hydrogens is 372 g/mol. The van der Waals surface area contributed by atoms with E-state index in [0.29, 0.717) is 23.8 Å². The van der Waals surface area contributed by atoms with E-state index in [1.807, 2.05) is 29.2 Å². The fourth-order valence-electron chi connectivity index (χ4n) is 3.71. The second-order valence-electron chi connectivity index (χ2n) is 7.25. The Morgan fingerprint density at radius 3 is 2.54 bits per heavy atom. The lowest BCUT2D eigenvalue weighted by atomic mass is 10.1. The zero-order chi connectivity index (χ0) is 19.7. The molecule has 0 unspecified atom stereocenters. The van der Waals surface area contributed by atoms with Gasteiger partial charge in [-0.05, 0) is 43.7 Å². The summed E-state index contributed by atoms with van der Waals surface area (Å²) >= 11 is 6.05. The third kappa shape index (κ3) is 3.76. The molecule has 5 nitrogen and oxygen atoms in total. The van der Waals surface area contributed by atoms with Crippen molar-refractivity contribution in [2.45, 2.75) is 13.8 Å². The Morgan fingerprint density at radius 1 is 1.04 bits per heavy atom. The summed E-state index contributed by atoms with van der Waals surface area (Å²) in [6.45, 7) is 7.28. The number of hydrogen-bond acceptors (Lipinski definition) is 3. The number of benzene rings is 2. The van der Waals surface area contributed by atoms with Crippen molar-refractivity contribution in [1.29, 1.82) is 0 Å². The van der Waals surface area contributed by atoms with Gasteiger partial charge in [-0.25, -0.2) is 0 Å². The number of rotatable bonds is 3. The first kappa shape index (κ1) is 18.6. The van der Waals surface area contributed by atoms with E-state index < -0.39 is 0 Å². The monoisotopic (exact) mass is 394 g/mol. The van der Waals surface area contributed by atoms with E-state index in [1.165, 1.54) is 16.8 Å². The van der Waals surface area contributed by atoms with E-state index in [2.05, 4.69) is 47.1 Å². The predicted octanol–water partition coefficient (Wildman–Crippen LogP) is 4.31. The number of halogens is 1. The average molecular weight is 395 g/mol. The van der Waals surface area contributed by atoms with E-state index in [-0.39, 0.29) is 5.91 Å². The molecule has 2 heterocycles. The molecule has 6 heteroatoms. The number of nitrogens with one attached hydrogen (secondary N) is 1. The van der Waals surface area contributed by atoms with Crippen molar-refractivity contribution in [3.05, 3.63) is 70.4 Å². The van der Waals surface area contributed by atoms with E-state index >= 15 is 0 Å². The molecule has 0 spiro atoms. The van der Waals surface area contributed by atoms with Gasteiger partial charge in [0.1, 0.15) is 5.69 Å². The Balaban J connectivity index is 1.43. The third-order valence-corrected chi connectivity index (χ3v) is 5.42. The van der Waals surface area contributed by atoms with E-state index in [0.717, 1.165) is 24.3 Å². The van der Waals surface area contributed by atoms with Crippen LogP contribution in [0.25, 0.3) is 11.3 Å². The maximum atomic E-state index is 12.9. The average Bonchev–Trinajstić information content (AvgIpc) is 3.18. The van der Waals surface area contributed by atoms with Gasteiger partial charge in [0.05, 0.1) is 5.69 Å². The molecule has 0 bridgehead atoms. The highest BCUT2D eigenvalue weighted by Gasteiger charge is 2.24. The molecule has 0 aliphatic carbocycles. The number of hydrogen-bond donors (Lipinski definition) is 1. The Hall–Kier alpha value is -2.79. The van der Waals surface area contributed by atoms with Crippen LogP contribution in [0.4, 0.5) is 5.69 Å². The Kier molecular flexibility index (Phi) is 5.09. The van der Waals surface area contributed by atoms with Gasteiger partial charge in [0.25, 0.3) is 5.91 Å². The molecule has 1 aliphatic rings. The molecule has 1 N–H and O–H groups in total. The van der Waals surface area contributed by atoms with E-state index in [1.54, 1.807) is 6.07 Å². The molecule has 1 amide bonds. The first-order valence-corrected chi connectivity index (χ1v) is 9.82. The molecule has 1 aromatic heterocycles. The zero-order valence-corrected chi connectivity index (χ0v) is 16.8. The highest BCUT2D eigenvalue weighted by Crippen LogP contribution is 2.24. The molecule has 1 saturated heterocycles. The van der Waals surface area contributed by atoms with Crippen molar-refractivity contribution < 1.29 is 4.79 Å². The molecule has 1 aliphatic heterocycles. The molecular formula is C22H23ClN4O. The number of aromatic amines is 1. The predicted molar refractivity (Wildman–Crippen MR) is 113 cm³/mol. The Bertz CT molecular complexity index is 1010. The fraction of sp³-hybridized carbons (Fsp3) is 0.273. The summed E-state index contributed by atoms with van der Waals surface area (Å²) in [6, 6.07) is 15.8. The van der Waals surface area contributed by atoms with Gasteiger partial charge in [0, 0.05) is 42.5 Å². The van der Waals surface area contributed by atoms with Gasteiger partial charge in [0.15, 0.2) is 0 Å². The number of H-pyrrole nitrogens is 1. The number of aryl methyl sites for hydroxylation is 2. The molecule has 3 aromatic rings. The van der Waals surface area contributed by atoms with Crippen molar-refractivity contribution in [2.24, 2.45) is 0 Å². The number of carbonyl (C=O) groups is 1. The largest absolute Gasteiger partial charge is 0.368 e. The van der Waals surface area contributed by atoms with Crippen LogP contribution >= 0.6 is 11.6 Å². The van der Waals surface area contributed by atoms with E-state index in [4.69, 9.17) is 11.6 Å². The molecule has 0 saturated carbocycles. The minimum Gasteiger partial charge on any atom is -0.368 e. The normalized spacial score (nSPS) is 14.4. The minimum absolute atomic E-state index is 0.0129. The lowest BCUT2D eigenvalue weighted by molar-refractivity contribution is 0.0741. The molecule has 144 valence electrons. The maximum Gasteiger partial charge on any atom is 0.272 e. The van der Waals surface area contributed by atoms with Crippen LogP contribution in [-0.2, 0) is 0 Å². The second-order valence-corrected chi connectivity index (χ2v) is 7.68. The van der Waals surface area contributed by atoms with Gasteiger partial charge in [-0.1, -0.05) is 41.4 Å². The topological polar surface area (TPSA) is 52.2 Å². The van der Waals surface area contributed by atoms with Crippen molar-refractivity contribution >= 4 is 23.2 Å². The Labute approximate surface area is 169 Å². The second kappa shape index (κ2) is 7.68. The molecule has 2 aromatic carbocycles. The molecule has 0 atom stereocenters. The van der Waals surface area contributed by atoms with Crippen molar-refractivity contribution in [2.75, 3.05) is 31.1 Å². The summed E-state index contributed by atoms with van der Waals surface area (Å²) in [5, 5.41) is 7.81. The summed E-state index contributed by atoms with van der Waals surface area (Å²) in [5.41, 5.74) is 5.92. The summed E-state index contributed by atoms with van der Waals surface area (Å²) in [7, 11) is 0. The van der Waals surface area contributed by atoms with Crippen LogP contribution in [0.1, 0.15) is 21.6 Å². The molecule has 4 rings (SSSR count). The number of anilines is 1. The van der Waals surface area contributed by atoms with Crippen molar-refractivity contribution in [3.8, 4) is 11.3 Å². The van der Waals surface area contributed by atoms with Gasteiger partial charge >= 0.3 is 0 Å².